The van der Waals surface area contributed by atoms with Gasteiger partial charge in [0.25, 0.3) is 5.56 Å². The van der Waals surface area contributed by atoms with Crippen LogP contribution < -0.4 is 5.56 Å². The van der Waals surface area contributed by atoms with Gasteiger partial charge in [-0.1, -0.05) is 32.5 Å². The van der Waals surface area contributed by atoms with Gasteiger partial charge in [-0.3, -0.25) is 9.59 Å². The van der Waals surface area contributed by atoms with E-state index in [-0.39, 0.29) is 11.5 Å². The average molecular weight is 256 g/mol. The van der Waals surface area contributed by atoms with E-state index in [0.717, 1.165) is 11.8 Å². The van der Waals surface area contributed by atoms with Crippen LogP contribution in [0.1, 0.15) is 38.8 Å². The predicted octanol–water partition coefficient (Wildman–Crippen LogP) is 1.85. The maximum atomic E-state index is 11.4. The molecular formula is C11H16N2O3S. The number of carboxylic acids is 1. The molecule has 0 aliphatic rings. The molecule has 1 heterocycles. The van der Waals surface area contributed by atoms with E-state index >= 15 is 0 Å². The highest BCUT2D eigenvalue weighted by atomic mass is 32.2. The fourth-order valence-electron chi connectivity index (χ4n) is 1.25. The quantitative estimate of drug-likeness (QED) is 0.620. The van der Waals surface area contributed by atoms with E-state index in [0.29, 0.717) is 17.3 Å². The van der Waals surface area contributed by atoms with E-state index < -0.39 is 11.2 Å². The van der Waals surface area contributed by atoms with Crippen molar-refractivity contribution in [1.29, 1.82) is 0 Å². The molecule has 0 aromatic carbocycles. The number of carboxylic acid groups (broad SMARTS) is 1. The Balaban J connectivity index is 2.98. The number of aromatic amines is 1. The average Bonchev–Trinajstić information content (AvgIpc) is 2.24. The Morgan fingerprint density at radius 1 is 1.59 bits per heavy atom. The van der Waals surface area contributed by atoms with Crippen molar-refractivity contribution in [3.8, 4) is 0 Å². The summed E-state index contributed by atoms with van der Waals surface area (Å²) in [5, 5.41) is 8.73. The predicted molar refractivity (Wildman–Crippen MR) is 66.5 cm³/mol. The Labute approximate surface area is 104 Å². The number of hydrogen-bond acceptors (Lipinski definition) is 4. The summed E-state index contributed by atoms with van der Waals surface area (Å²) in [5.41, 5.74) is 0.433. The number of nitrogens with zero attached hydrogens (tertiary/aromatic N) is 1. The molecule has 0 bridgehead atoms. The molecule has 94 valence electrons. The second kappa shape index (κ2) is 5.86. The molecule has 0 fully saturated rings. The molecule has 6 heteroatoms. The Kier molecular flexibility index (Phi) is 4.74. The van der Waals surface area contributed by atoms with E-state index in [4.69, 9.17) is 5.11 Å². The van der Waals surface area contributed by atoms with Gasteiger partial charge >= 0.3 is 5.97 Å². The Bertz CT molecular complexity index is 456. The molecule has 0 aliphatic carbocycles. The molecule has 1 aromatic rings. The Morgan fingerprint density at radius 2 is 2.24 bits per heavy atom. The third kappa shape index (κ3) is 3.89. The number of rotatable bonds is 5. The van der Waals surface area contributed by atoms with Crippen LogP contribution in [0.15, 0.2) is 16.0 Å². The van der Waals surface area contributed by atoms with Gasteiger partial charge in [-0.15, -0.1) is 0 Å². The van der Waals surface area contributed by atoms with E-state index in [1.54, 1.807) is 6.92 Å². The molecule has 5 nitrogen and oxygen atoms in total. The zero-order valence-corrected chi connectivity index (χ0v) is 10.9. The minimum atomic E-state index is -0.893. The van der Waals surface area contributed by atoms with Gasteiger partial charge < -0.3 is 10.1 Å². The summed E-state index contributed by atoms with van der Waals surface area (Å²) in [7, 11) is 0. The number of thioether (sulfide) groups is 1. The van der Waals surface area contributed by atoms with Crippen molar-refractivity contribution in [2.24, 2.45) is 0 Å². The first-order chi connectivity index (χ1) is 7.93. The SMILES string of the molecule is CC[C@H](Sc1nc(C(C)C)cc(=O)[nH]1)C(=O)O. The lowest BCUT2D eigenvalue weighted by Gasteiger charge is -2.10. The maximum absolute atomic E-state index is 11.4. The fraction of sp³-hybridized carbons (Fsp3) is 0.545. The summed E-state index contributed by atoms with van der Waals surface area (Å²) >= 11 is 1.08. The normalized spacial score (nSPS) is 12.7. The minimum absolute atomic E-state index is 0.140. The van der Waals surface area contributed by atoms with Gasteiger partial charge in [-0.2, -0.15) is 0 Å². The van der Waals surface area contributed by atoms with Gasteiger partial charge in [0.1, 0.15) is 5.25 Å². The Hall–Kier alpha value is -1.30. The molecule has 2 N–H and O–H groups in total. The van der Waals surface area contributed by atoms with E-state index in [1.165, 1.54) is 6.07 Å². The van der Waals surface area contributed by atoms with Crippen molar-refractivity contribution in [1.82, 2.24) is 9.97 Å². The van der Waals surface area contributed by atoms with Crippen molar-refractivity contribution in [3.05, 3.63) is 22.1 Å². The molecule has 1 rings (SSSR count). The molecular weight excluding hydrogens is 240 g/mol. The number of aromatic nitrogens is 2. The lowest BCUT2D eigenvalue weighted by molar-refractivity contribution is -0.136. The van der Waals surface area contributed by atoms with Crippen LogP contribution >= 0.6 is 11.8 Å². The summed E-state index contributed by atoms with van der Waals surface area (Å²) in [6.45, 7) is 5.66. The van der Waals surface area contributed by atoms with Crippen LogP contribution in [0.3, 0.4) is 0 Å². The number of carbonyl (C=O) groups is 1. The van der Waals surface area contributed by atoms with Crippen LogP contribution in [0.5, 0.6) is 0 Å². The van der Waals surface area contributed by atoms with Crippen molar-refractivity contribution in [2.75, 3.05) is 0 Å². The number of H-pyrrole nitrogens is 1. The van der Waals surface area contributed by atoms with Crippen molar-refractivity contribution >= 4 is 17.7 Å². The van der Waals surface area contributed by atoms with Crippen molar-refractivity contribution in [3.63, 3.8) is 0 Å². The first-order valence-electron chi connectivity index (χ1n) is 5.44. The van der Waals surface area contributed by atoms with Crippen LogP contribution in [0.4, 0.5) is 0 Å². The third-order valence-corrected chi connectivity index (χ3v) is 3.47. The smallest absolute Gasteiger partial charge is 0.317 e. The summed E-state index contributed by atoms with van der Waals surface area (Å²) in [6, 6.07) is 1.44. The summed E-state index contributed by atoms with van der Waals surface area (Å²) in [6.07, 6.45) is 0.482. The third-order valence-electron chi connectivity index (χ3n) is 2.23. The monoisotopic (exact) mass is 256 g/mol. The van der Waals surface area contributed by atoms with Crippen LogP contribution in [-0.2, 0) is 4.79 Å². The summed E-state index contributed by atoms with van der Waals surface area (Å²) < 4.78 is 0. The van der Waals surface area contributed by atoms with Crippen LogP contribution in [0.25, 0.3) is 0 Å². The highest BCUT2D eigenvalue weighted by Gasteiger charge is 2.18. The highest BCUT2D eigenvalue weighted by Crippen LogP contribution is 2.22. The second-order valence-electron chi connectivity index (χ2n) is 3.98. The highest BCUT2D eigenvalue weighted by molar-refractivity contribution is 8.00. The number of nitrogens with one attached hydrogen (secondary N) is 1. The zero-order chi connectivity index (χ0) is 13.0. The lowest BCUT2D eigenvalue weighted by Crippen LogP contribution is -2.18. The lowest BCUT2D eigenvalue weighted by atomic mass is 10.1. The van der Waals surface area contributed by atoms with Crippen molar-refractivity contribution < 1.29 is 9.90 Å². The minimum Gasteiger partial charge on any atom is -0.480 e. The summed E-state index contributed by atoms with van der Waals surface area (Å²) in [4.78, 5) is 29.1. The molecule has 0 unspecified atom stereocenters. The first kappa shape index (κ1) is 13.8. The van der Waals surface area contributed by atoms with Gasteiger partial charge in [0.05, 0.1) is 5.69 Å². The van der Waals surface area contributed by atoms with Gasteiger partial charge in [0, 0.05) is 6.07 Å². The molecule has 0 amide bonds. The second-order valence-corrected chi connectivity index (χ2v) is 5.17. The van der Waals surface area contributed by atoms with Gasteiger partial charge in [0.2, 0.25) is 0 Å². The molecule has 1 aromatic heterocycles. The van der Waals surface area contributed by atoms with Gasteiger partial charge in [-0.05, 0) is 12.3 Å². The molecule has 1 atom stereocenters. The molecule has 0 aliphatic heterocycles. The number of hydrogen-bond donors (Lipinski definition) is 2. The van der Waals surface area contributed by atoms with Crippen molar-refractivity contribution in [2.45, 2.75) is 43.5 Å². The maximum Gasteiger partial charge on any atom is 0.317 e. The number of aliphatic carboxylic acids is 1. The van der Waals surface area contributed by atoms with E-state index in [9.17, 15) is 9.59 Å². The molecule has 17 heavy (non-hydrogen) atoms. The van der Waals surface area contributed by atoms with E-state index in [2.05, 4.69) is 9.97 Å². The topological polar surface area (TPSA) is 83.0 Å². The summed E-state index contributed by atoms with van der Waals surface area (Å²) in [5.74, 6) is -0.753. The molecule has 0 radical (unpaired) electrons. The van der Waals surface area contributed by atoms with Crippen LogP contribution in [0.2, 0.25) is 0 Å². The molecule has 0 spiro atoms. The largest absolute Gasteiger partial charge is 0.480 e. The van der Waals surface area contributed by atoms with Gasteiger partial charge in [0.15, 0.2) is 5.16 Å². The van der Waals surface area contributed by atoms with E-state index in [1.807, 2.05) is 13.8 Å². The zero-order valence-electron chi connectivity index (χ0n) is 10.1. The van der Waals surface area contributed by atoms with Gasteiger partial charge in [-0.25, -0.2) is 4.98 Å². The fourth-order valence-corrected chi connectivity index (χ4v) is 2.10. The van der Waals surface area contributed by atoms with Crippen LogP contribution in [0, 0.1) is 0 Å². The molecule has 0 saturated carbocycles. The van der Waals surface area contributed by atoms with Crippen LogP contribution in [-0.4, -0.2) is 26.3 Å². The molecule has 0 saturated heterocycles. The Morgan fingerprint density at radius 3 is 2.71 bits per heavy atom. The first-order valence-corrected chi connectivity index (χ1v) is 6.32. The standard InChI is InChI=1S/C11H16N2O3S/c1-4-8(10(15)16)17-11-12-7(6(2)3)5-9(14)13-11/h5-6,8H,4H2,1-3H3,(H,15,16)(H,12,13,14)/t8-/m0/s1.